The van der Waals surface area contributed by atoms with Crippen LogP contribution in [0.2, 0.25) is 0 Å². The van der Waals surface area contributed by atoms with Gasteiger partial charge in [0, 0.05) is 22.0 Å². The number of fused-ring (bicyclic) bond motifs is 1. The van der Waals surface area contributed by atoms with E-state index in [4.69, 9.17) is 0 Å². The fraction of sp³-hybridized carbons (Fsp3) is 0.118. The molecule has 2 nitrogen and oxygen atoms in total. The lowest BCUT2D eigenvalue weighted by molar-refractivity contribution is 0.217. The summed E-state index contributed by atoms with van der Waals surface area (Å²) in [5, 5.41) is 11.7. The van der Waals surface area contributed by atoms with Crippen molar-refractivity contribution in [1.82, 2.24) is 4.98 Å². The molecule has 0 fully saturated rings. The van der Waals surface area contributed by atoms with E-state index < -0.39 is 6.10 Å². The van der Waals surface area contributed by atoms with Gasteiger partial charge in [0.2, 0.25) is 0 Å². The number of pyridine rings is 1. The normalized spacial score (nSPS) is 12.5. The lowest BCUT2D eigenvalue weighted by Gasteiger charge is -2.15. The van der Waals surface area contributed by atoms with Gasteiger partial charge in [0.25, 0.3) is 0 Å². The number of aliphatic hydroxyl groups excluding tert-OH is 1. The van der Waals surface area contributed by atoms with E-state index in [-0.39, 0.29) is 0 Å². The van der Waals surface area contributed by atoms with Crippen LogP contribution in [0.25, 0.3) is 10.9 Å². The highest BCUT2D eigenvalue weighted by atomic mass is 32.2. The third kappa shape index (κ3) is 2.42. The molecule has 3 aromatic rings. The molecule has 1 N–H and O–H groups in total. The summed E-state index contributed by atoms with van der Waals surface area (Å²) in [7, 11) is 0. The molecule has 0 spiro atoms. The van der Waals surface area contributed by atoms with Crippen molar-refractivity contribution in [3.05, 3.63) is 71.9 Å². The number of benzene rings is 2. The van der Waals surface area contributed by atoms with E-state index in [1.165, 1.54) is 0 Å². The third-order valence-electron chi connectivity index (χ3n) is 3.36. The second-order valence-corrected chi connectivity index (χ2v) is 5.45. The summed E-state index contributed by atoms with van der Waals surface area (Å²) >= 11 is 1.64. The van der Waals surface area contributed by atoms with Crippen LogP contribution in [-0.2, 0) is 0 Å². The average molecular weight is 281 g/mol. The van der Waals surface area contributed by atoms with E-state index in [1.54, 1.807) is 18.0 Å². The van der Waals surface area contributed by atoms with Gasteiger partial charge in [-0.2, -0.15) is 0 Å². The predicted molar refractivity (Wildman–Crippen MR) is 84.0 cm³/mol. The van der Waals surface area contributed by atoms with Crippen molar-refractivity contribution in [3.63, 3.8) is 0 Å². The van der Waals surface area contributed by atoms with Crippen LogP contribution >= 0.6 is 11.8 Å². The van der Waals surface area contributed by atoms with E-state index in [2.05, 4.69) is 4.98 Å². The first-order valence-corrected chi connectivity index (χ1v) is 7.68. The first kappa shape index (κ1) is 13.2. The average Bonchev–Trinajstić information content (AvgIpc) is 2.53. The maximum Gasteiger partial charge on any atom is 0.107 e. The monoisotopic (exact) mass is 281 g/mol. The molecule has 0 bridgehead atoms. The Morgan fingerprint density at radius 2 is 1.80 bits per heavy atom. The standard InChI is InChI=1S/C17H15NOS/c1-20-16-9-5-3-7-14(16)17(19)13-10-12-6-2-4-8-15(12)18-11-13/h2-11,17,19H,1H3. The summed E-state index contributed by atoms with van der Waals surface area (Å²) in [6.07, 6.45) is 3.13. The molecule has 1 aromatic heterocycles. The number of hydrogen-bond donors (Lipinski definition) is 1. The molecule has 3 rings (SSSR count). The minimum absolute atomic E-state index is 0.643. The molecular formula is C17H15NOS. The molecule has 20 heavy (non-hydrogen) atoms. The van der Waals surface area contributed by atoms with Crippen molar-refractivity contribution < 1.29 is 5.11 Å². The number of thioether (sulfide) groups is 1. The van der Waals surface area contributed by atoms with E-state index in [0.29, 0.717) is 0 Å². The van der Waals surface area contributed by atoms with E-state index >= 15 is 0 Å². The van der Waals surface area contributed by atoms with Gasteiger partial charge in [-0.25, -0.2) is 0 Å². The first-order valence-electron chi connectivity index (χ1n) is 6.45. The summed E-state index contributed by atoms with van der Waals surface area (Å²) < 4.78 is 0. The van der Waals surface area contributed by atoms with Crippen molar-refractivity contribution in [2.75, 3.05) is 6.26 Å². The Bertz CT molecular complexity index is 742. The van der Waals surface area contributed by atoms with Crippen molar-refractivity contribution in [1.29, 1.82) is 0 Å². The van der Waals surface area contributed by atoms with Gasteiger partial charge in [-0.1, -0.05) is 36.4 Å². The molecule has 0 saturated heterocycles. The zero-order valence-corrected chi connectivity index (χ0v) is 12.0. The van der Waals surface area contributed by atoms with Gasteiger partial charge in [-0.05, 0) is 30.0 Å². The Morgan fingerprint density at radius 1 is 1.05 bits per heavy atom. The lowest BCUT2D eigenvalue weighted by Crippen LogP contribution is -2.02. The van der Waals surface area contributed by atoms with Crippen molar-refractivity contribution in [3.8, 4) is 0 Å². The molecule has 0 aliphatic heterocycles. The minimum atomic E-state index is -0.643. The molecule has 1 atom stereocenters. The molecule has 100 valence electrons. The zero-order valence-electron chi connectivity index (χ0n) is 11.2. The van der Waals surface area contributed by atoms with Gasteiger partial charge < -0.3 is 5.11 Å². The van der Waals surface area contributed by atoms with Gasteiger partial charge in [-0.15, -0.1) is 11.8 Å². The van der Waals surface area contributed by atoms with Crippen LogP contribution in [-0.4, -0.2) is 16.3 Å². The van der Waals surface area contributed by atoms with Crippen molar-refractivity contribution >= 4 is 22.7 Å². The van der Waals surface area contributed by atoms with Crippen LogP contribution in [0.4, 0.5) is 0 Å². The molecule has 0 radical (unpaired) electrons. The Kier molecular flexibility index (Phi) is 3.72. The Hall–Kier alpha value is -1.84. The molecular weight excluding hydrogens is 266 g/mol. The maximum atomic E-state index is 10.6. The Balaban J connectivity index is 2.05. The Labute approximate surface area is 122 Å². The highest BCUT2D eigenvalue weighted by molar-refractivity contribution is 7.98. The smallest absolute Gasteiger partial charge is 0.107 e. The van der Waals surface area contributed by atoms with Crippen molar-refractivity contribution in [2.24, 2.45) is 0 Å². The fourth-order valence-electron chi connectivity index (χ4n) is 2.31. The number of aliphatic hydroxyl groups is 1. The maximum absolute atomic E-state index is 10.6. The molecule has 0 amide bonds. The van der Waals surface area contributed by atoms with Crippen LogP contribution in [0, 0.1) is 0 Å². The van der Waals surface area contributed by atoms with Crippen LogP contribution in [0.5, 0.6) is 0 Å². The lowest BCUT2D eigenvalue weighted by atomic mass is 10.0. The number of aromatic nitrogens is 1. The largest absolute Gasteiger partial charge is 0.384 e. The second-order valence-electron chi connectivity index (χ2n) is 4.61. The highest BCUT2D eigenvalue weighted by Crippen LogP contribution is 2.30. The molecule has 1 heterocycles. The quantitative estimate of drug-likeness (QED) is 0.736. The molecule has 3 heteroatoms. The SMILES string of the molecule is CSc1ccccc1C(O)c1cnc2ccccc2c1. The molecule has 0 aliphatic carbocycles. The number of para-hydroxylation sites is 1. The molecule has 1 unspecified atom stereocenters. The fourth-order valence-corrected chi connectivity index (χ4v) is 2.94. The molecule has 0 saturated carbocycles. The van der Waals surface area contributed by atoms with Gasteiger partial charge >= 0.3 is 0 Å². The molecule has 2 aromatic carbocycles. The number of hydrogen-bond acceptors (Lipinski definition) is 3. The summed E-state index contributed by atoms with van der Waals surface area (Å²) in [5.41, 5.74) is 2.70. The number of nitrogens with zero attached hydrogens (tertiary/aromatic N) is 1. The van der Waals surface area contributed by atoms with E-state index in [0.717, 1.165) is 26.9 Å². The highest BCUT2D eigenvalue weighted by Gasteiger charge is 2.14. The van der Waals surface area contributed by atoms with Gasteiger partial charge in [0.1, 0.15) is 6.10 Å². The van der Waals surface area contributed by atoms with E-state index in [9.17, 15) is 5.11 Å². The van der Waals surface area contributed by atoms with Crippen LogP contribution < -0.4 is 0 Å². The summed E-state index contributed by atoms with van der Waals surface area (Å²) in [4.78, 5) is 5.51. The second kappa shape index (κ2) is 5.65. The van der Waals surface area contributed by atoms with Crippen LogP contribution in [0.1, 0.15) is 17.2 Å². The summed E-state index contributed by atoms with van der Waals surface area (Å²) in [6.45, 7) is 0. The first-order chi connectivity index (χ1) is 9.79. The van der Waals surface area contributed by atoms with Gasteiger partial charge in [0.05, 0.1) is 5.52 Å². The Morgan fingerprint density at radius 3 is 2.65 bits per heavy atom. The van der Waals surface area contributed by atoms with Crippen LogP contribution in [0.3, 0.4) is 0 Å². The summed E-state index contributed by atoms with van der Waals surface area (Å²) in [6, 6.07) is 17.9. The van der Waals surface area contributed by atoms with Gasteiger partial charge in [0.15, 0.2) is 0 Å². The predicted octanol–water partition coefficient (Wildman–Crippen LogP) is 4.04. The summed E-state index contributed by atoms with van der Waals surface area (Å²) in [5.74, 6) is 0. The van der Waals surface area contributed by atoms with Crippen LogP contribution in [0.15, 0.2) is 65.7 Å². The number of rotatable bonds is 3. The van der Waals surface area contributed by atoms with Gasteiger partial charge in [-0.3, -0.25) is 4.98 Å². The zero-order chi connectivity index (χ0) is 13.9. The van der Waals surface area contributed by atoms with Crippen molar-refractivity contribution in [2.45, 2.75) is 11.0 Å². The van der Waals surface area contributed by atoms with E-state index in [1.807, 2.05) is 60.9 Å². The minimum Gasteiger partial charge on any atom is -0.384 e. The third-order valence-corrected chi connectivity index (χ3v) is 4.17. The molecule has 0 aliphatic rings. The topological polar surface area (TPSA) is 33.1 Å².